The molecule has 0 aromatic heterocycles. The highest BCUT2D eigenvalue weighted by Gasteiger charge is 2.30. The van der Waals surface area contributed by atoms with Crippen LogP contribution in [-0.4, -0.2) is 32.3 Å². The molecule has 0 fully saturated rings. The first-order chi connectivity index (χ1) is 18.4. The van der Waals surface area contributed by atoms with Crippen molar-refractivity contribution in [2.24, 2.45) is 0 Å². The molecule has 0 atom stereocenters. The van der Waals surface area contributed by atoms with Crippen molar-refractivity contribution >= 4 is 28.8 Å². The Kier molecular flexibility index (Phi) is 8.10. The van der Waals surface area contributed by atoms with Crippen molar-refractivity contribution in [3.8, 4) is 23.0 Å². The quantitative estimate of drug-likeness (QED) is 0.321. The van der Waals surface area contributed by atoms with Gasteiger partial charge in [-0.05, 0) is 89.1 Å². The lowest BCUT2D eigenvalue weighted by Gasteiger charge is -2.16. The average molecular weight is 514 g/mol. The summed E-state index contributed by atoms with van der Waals surface area (Å²) >= 11 is 0. The van der Waals surface area contributed by atoms with Gasteiger partial charge in [-0.15, -0.1) is 0 Å². The van der Waals surface area contributed by atoms with E-state index in [9.17, 15) is 9.90 Å². The first-order valence-electron chi connectivity index (χ1n) is 12.8. The van der Waals surface area contributed by atoms with E-state index in [0.29, 0.717) is 11.5 Å². The van der Waals surface area contributed by atoms with Crippen LogP contribution in [0.1, 0.15) is 54.5 Å². The number of para-hydroxylation sites is 1. The number of nitrogens with one attached hydrogen (secondary N) is 1. The molecule has 0 aliphatic heterocycles. The van der Waals surface area contributed by atoms with Crippen LogP contribution < -0.4 is 19.5 Å². The number of phenolic OH excluding ortho intramolecular Hbond substituents is 1. The molecular formula is C32H35NO5. The van der Waals surface area contributed by atoms with Gasteiger partial charge in [-0.3, -0.25) is 4.79 Å². The number of ether oxygens (including phenoxy) is 3. The Morgan fingerprint density at radius 3 is 2.13 bits per heavy atom. The lowest BCUT2D eigenvalue weighted by atomic mass is 9.93. The summed E-state index contributed by atoms with van der Waals surface area (Å²) in [5, 5.41) is 13.5. The molecule has 3 aromatic carbocycles. The largest absolute Gasteiger partial charge is 0.502 e. The van der Waals surface area contributed by atoms with Crippen LogP contribution in [0, 0.1) is 6.92 Å². The molecule has 0 unspecified atom stereocenters. The van der Waals surface area contributed by atoms with Crippen LogP contribution in [0.5, 0.6) is 23.0 Å². The van der Waals surface area contributed by atoms with Gasteiger partial charge in [-0.1, -0.05) is 38.1 Å². The van der Waals surface area contributed by atoms with Gasteiger partial charge in [0.05, 0.1) is 27.8 Å². The fraction of sp³-hybridized carbons (Fsp3) is 0.281. The van der Waals surface area contributed by atoms with Gasteiger partial charge in [-0.2, -0.15) is 0 Å². The maximum Gasteiger partial charge on any atom is 0.228 e. The monoisotopic (exact) mass is 513 g/mol. The zero-order valence-electron chi connectivity index (χ0n) is 22.9. The minimum Gasteiger partial charge on any atom is -0.502 e. The Hall–Kier alpha value is -4.19. The van der Waals surface area contributed by atoms with E-state index in [1.807, 2.05) is 37.3 Å². The Morgan fingerprint density at radius 1 is 0.895 bits per heavy atom. The van der Waals surface area contributed by atoms with Gasteiger partial charge < -0.3 is 24.6 Å². The van der Waals surface area contributed by atoms with Gasteiger partial charge in [-0.25, -0.2) is 0 Å². The lowest BCUT2D eigenvalue weighted by Crippen LogP contribution is -2.13. The van der Waals surface area contributed by atoms with Crippen molar-refractivity contribution < 1.29 is 24.1 Å². The molecule has 0 spiro atoms. The predicted octanol–water partition coefficient (Wildman–Crippen LogP) is 7.04. The number of rotatable bonds is 9. The van der Waals surface area contributed by atoms with Gasteiger partial charge in [0.1, 0.15) is 5.75 Å². The smallest absolute Gasteiger partial charge is 0.228 e. The van der Waals surface area contributed by atoms with E-state index in [2.05, 4.69) is 31.3 Å². The van der Waals surface area contributed by atoms with Crippen molar-refractivity contribution in [3.05, 3.63) is 81.9 Å². The van der Waals surface area contributed by atoms with Crippen LogP contribution in [0.4, 0.5) is 5.69 Å². The fourth-order valence-electron chi connectivity index (χ4n) is 5.21. The molecule has 0 bridgehead atoms. The molecule has 0 heterocycles. The summed E-state index contributed by atoms with van der Waals surface area (Å²) in [6, 6.07) is 15.4. The number of methoxy groups -OCH3 is 3. The maximum absolute atomic E-state index is 13.4. The number of aryl methyl sites for hydroxylation is 1. The van der Waals surface area contributed by atoms with Crippen molar-refractivity contribution in [2.45, 2.75) is 40.0 Å². The predicted molar refractivity (Wildman–Crippen MR) is 153 cm³/mol. The number of anilines is 1. The van der Waals surface area contributed by atoms with Crippen LogP contribution in [0.3, 0.4) is 0 Å². The first-order valence-corrected chi connectivity index (χ1v) is 12.8. The number of benzene rings is 3. The summed E-state index contributed by atoms with van der Waals surface area (Å²) in [7, 11) is 4.70. The zero-order valence-corrected chi connectivity index (χ0v) is 22.9. The highest BCUT2D eigenvalue weighted by Crippen LogP contribution is 2.49. The minimum atomic E-state index is -0.0645. The molecule has 0 saturated carbocycles. The molecule has 198 valence electrons. The number of carbonyl (C=O) groups excluding carboxylic acids is 1. The van der Waals surface area contributed by atoms with Crippen molar-refractivity contribution in [2.75, 3.05) is 26.6 Å². The summed E-state index contributed by atoms with van der Waals surface area (Å²) in [5.74, 6) is 1.37. The molecule has 1 amide bonds. The van der Waals surface area contributed by atoms with Crippen molar-refractivity contribution in [1.82, 2.24) is 0 Å². The van der Waals surface area contributed by atoms with E-state index in [1.54, 1.807) is 19.2 Å². The maximum atomic E-state index is 13.4. The second kappa shape index (κ2) is 11.5. The van der Waals surface area contributed by atoms with E-state index in [0.717, 1.165) is 68.8 Å². The number of hydrogen-bond donors (Lipinski definition) is 2. The topological polar surface area (TPSA) is 77.0 Å². The van der Waals surface area contributed by atoms with Gasteiger partial charge in [0, 0.05) is 11.3 Å². The Balaban J connectivity index is 1.88. The van der Waals surface area contributed by atoms with E-state index in [1.165, 1.54) is 14.2 Å². The van der Waals surface area contributed by atoms with E-state index in [4.69, 9.17) is 14.2 Å². The van der Waals surface area contributed by atoms with Crippen molar-refractivity contribution in [3.63, 3.8) is 0 Å². The second-order valence-electron chi connectivity index (χ2n) is 9.21. The van der Waals surface area contributed by atoms with E-state index >= 15 is 0 Å². The normalized spacial score (nSPS) is 13.5. The molecule has 0 radical (unpaired) electrons. The fourth-order valence-corrected chi connectivity index (χ4v) is 5.21. The number of aromatic hydroxyl groups is 1. The molecule has 6 nitrogen and oxygen atoms in total. The first kappa shape index (κ1) is 26.9. The van der Waals surface area contributed by atoms with Crippen LogP contribution in [0.25, 0.3) is 17.2 Å². The van der Waals surface area contributed by atoms with Gasteiger partial charge in [0.15, 0.2) is 11.5 Å². The molecule has 0 saturated heterocycles. The van der Waals surface area contributed by atoms with Gasteiger partial charge in [0.25, 0.3) is 0 Å². The molecular weight excluding hydrogens is 478 g/mol. The van der Waals surface area contributed by atoms with Gasteiger partial charge >= 0.3 is 0 Å². The summed E-state index contributed by atoms with van der Waals surface area (Å²) in [6.07, 6.45) is 3.82. The number of amides is 1. The molecule has 38 heavy (non-hydrogen) atoms. The molecule has 1 aliphatic rings. The molecule has 3 aromatic rings. The Morgan fingerprint density at radius 2 is 1.55 bits per heavy atom. The third kappa shape index (κ3) is 4.99. The molecule has 4 rings (SSSR count). The molecule has 6 heteroatoms. The standard InChI is InChI=1S/C32H35NO5/c1-7-21-24(15-20-16-28(37-5)32(35)29(17-20)38-6)23-13-14-27(36-4)22(8-2)31(23)25(21)18-30(34)33-26-12-10-9-11-19(26)3/h9-17,35H,7-8,18H2,1-6H3,(H,33,34). The van der Waals surface area contributed by atoms with Crippen molar-refractivity contribution in [1.29, 1.82) is 0 Å². The van der Waals surface area contributed by atoms with E-state index < -0.39 is 0 Å². The summed E-state index contributed by atoms with van der Waals surface area (Å²) in [5.41, 5.74) is 9.01. The second-order valence-corrected chi connectivity index (χ2v) is 9.21. The van der Waals surface area contributed by atoms with Crippen LogP contribution in [0.15, 0.2) is 54.1 Å². The highest BCUT2D eigenvalue weighted by atomic mass is 16.5. The van der Waals surface area contributed by atoms with Gasteiger partial charge in [0.2, 0.25) is 11.7 Å². The summed E-state index contributed by atoms with van der Waals surface area (Å²) in [6.45, 7) is 6.19. The minimum absolute atomic E-state index is 0.0400. The molecule has 2 N–H and O–H groups in total. The molecule has 1 aliphatic carbocycles. The Bertz CT molecular complexity index is 1410. The number of hydrogen-bond acceptors (Lipinski definition) is 5. The highest BCUT2D eigenvalue weighted by molar-refractivity contribution is 6.11. The third-order valence-corrected chi connectivity index (χ3v) is 7.05. The SMILES string of the molecule is CCC1=C(CC(=O)Nc2ccccc2C)c2c(ccc(OC)c2CC)C1=Cc1cc(OC)c(O)c(OC)c1. The third-order valence-electron chi connectivity index (χ3n) is 7.05. The van der Waals surface area contributed by atoms with Crippen LogP contribution >= 0.6 is 0 Å². The van der Waals surface area contributed by atoms with E-state index in [-0.39, 0.29) is 18.1 Å². The average Bonchev–Trinajstić information content (AvgIpc) is 3.21. The number of carbonyl (C=O) groups is 1. The summed E-state index contributed by atoms with van der Waals surface area (Å²) in [4.78, 5) is 13.4. The zero-order chi connectivity index (χ0) is 27.4. The summed E-state index contributed by atoms with van der Waals surface area (Å²) < 4.78 is 16.5. The number of allylic oxidation sites excluding steroid dienone is 2. The number of fused-ring (bicyclic) bond motifs is 1. The lowest BCUT2D eigenvalue weighted by molar-refractivity contribution is -0.115. The number of phenols is 1. The van der Waals surface area contributed by atoms with Crippen LogP contribution in [-0.2, 0) is 11.2 Å². The Labute approximate surface area is 224 Å². The van der Waals surface area contributed by atoms with Crippen LogP contribution in [0.2, 0.25) is 0 Å².